The van der Waals surface area contributed by atoms with Crippen molar-refractivity contribution in [2.75, 3.05) is 20.8 Å². The lowest BCUT2D eigenvalue weighted by atomic mass is 10.1. The van der Waals surface area contributed by atoms with Gasteiger partial charge in [0.1, 0.15) is 0 Å². The third kappa shape index (κ3) is 3.66. The van der Waals surface area contributed by atoms with Crippen molar-refractivity contribution < 1.29 is 24.3 Å². The van der Waals surface area contributed by atoms with Gasteiger partial charge in [0, 0.05) is 17.1 Å². The largest absolute Gasteiger partial charge is 0.493 e. The van der Waals surface area contributed by atoms with Gasteiger partial charge in [-0.1, -0.05) is 0 Å². The molecule has 0 saturated carbocycles. The number of ether oxygens (including phenoxy) is 2. The second kappa shape index (κ2) is 6.34. The molecule has 1 N–H and O–H groups in total. The number of nitrogens with zero attached hydrogens (tertiary/aromatic N) is 2. The molecule has 0 fully saturated rings. The van der Waals surface area contributed by atoms with Crippen LogP contribution in [0.4, 0.5) is 5.69 Å². The van der Waals surface area contributed by atoms with E-state index in [-0.39, 0.29) is 17.0 Å². The van der Waals surface area contributed by atoms with Crippen molar-refractivity contribution in [1.82, 2.24) is 0 Å². The van der Waals surface area contributed by atoms with Crippen molar-refractivity contribution >= 4 is 17.9 Å². The van der Waals surface area contributed by atoms with Crippen molar-refractivity contribution in [1.29, 1.82) is 0 Å². The number of rotatable bonds is 6. The standard InChI is InChI=1S/C11H12N2O6/c1-18-9-5-7(11(14)15)8(6-10(9)19-2)12-3-4-13(16)17/h3,5-6H,4H2,1-2H3,(H,14,15). The second-order valence-corrected chi connectivity index (χ2v) is 3.36. The molecular weight excluding hydrogens is 256 g/mol. The molecule has 0 heterocycles. The Hall–Kier alpha value is -2.64. The van der Waals surface area contributed by atoms with Crippen LogP contribution >= 0.6 is 0 Å². The summed E-state index contributed by atoms with van der Waals surface area (Å²) in [4.78, 5) is 24.5. The number of hydrogen-bond donors (Lipinski definition) is 1. The van der Waals surface area contributed by atoms with Crippen LogP contribution in [-0.2, 0) is 0 Å². The van der Waals surface area contributed by atoms with Crippen LogP contribution in [0.3, 0.4) is 0 Å². The first-order valence-corrected chi connectivity index (χ1v) is 5.13. The van der Waals surface area contributed by atoms with Crippen LogP contribution in [0.2, 0.25) is 0 Å². The number of carboxylic acid groups (broad SMARTS) is 1. The molecule has 0 aliphatic rings. The van der Waals surface area contributed by atoms with Crippen molar-refractivity contribution in [3.63, 3.8) is 0 Å². The number of carboxylic acids is 1. The highest BCUT2D eigenvalue weighted by Crippen LogP contribution is 2.34. The van der Waals surface area contributed by atoms with Crippen molar-refractivity contribution in [3.05, 3.63) is 27.8 Å². The van der Waals surface area contributed by atoms with Gasteiger partial charge in [-0.3, -0.25) is 15.1 Å². The van der Waals surface area contributed by atoms with Gasteiger partial charge < -0.3 is 14.6 Å². The quantitative estimate of drug-likeness (QED) is 0.474. The monoisotopic (exact) mass is 268 g/mol. The molecule has 0 aromatic heterocycles. The molecule has 0 amide bonds. The third-order valence-electron chi connectivity index (χ3n) is 2.19. The molecule has 0 spiro atoms. The van der Waals surface area contributed by atoms with E-state index in [4.69, 9.17) is 14.6 Å². The van der Waals surface area contributed by atoms with Crippen LogP contribution in [0.15, 0.2) is 17.1 Å². The molecule has 0 unspecified atom stereocenters. The minimum absolute atomic E-state index is 0.0620. The van der Waals surface area contributed by atoms with Gasteiger partial charge in [-0.2, -0.15) is 0 Å². The molecule has 0 atom stereocenters. The molecule has 102 valence electrons. The highest BCUT2D eigenvalue weighted by Gasteiger charge is 2.15. The Morgan fingerprint density at radius 3 is 2.47 bits per heavy atom. The van der Waals surface area contributed by atoms with Gasteiger partial charge in [0.2, 0.25) is 6.54 Å². The summed E-state index contributed by atoms with van der Waals surface area (Å²) in [6.07, 6.45) is 1.02. The highest BCUT2D eigenvalue weighted by atomic mass is 16.6. The first-order valence-electron chi connectivity index (χ1n) is 5.13. The fraction of sp³-hybridized carbons (Fsp3) is 0.273. The van der Waals surface area contributed by atoms with E-state index < -0.39 is 17.4 Å². The van der Waals surface area contributed by atoms with E-state index in [1.54, 1.807) is 0 Å². The topological polar surface area (TPSA) is 111 Å². The minimum atomic E-state index is -1.21. The molecule has 1 aromatic rings. The van der Waals surface area contributed by atoms with E-state index in [9.17, 15) is 14.9 Å². The van der Waals surface area contributed by atoms with Gasteiger partial charge in [-0.15, -0.1) is 0 Å². The summed E-state index contributed by atoms with van der Waals surface area (Å²) in [6.45, 7) is -0.493. The summed E-state index contributed by atoms with van der Waals surface area (Å²) < 4.78 is 9.99. The van der Waals surface area contributed by atoms with E-state index in [0.29, 0.717) is 5.75 Å². The Labute approximate surface area is 108 Å². The van der Waals surface area contributed by atoms with E-state index in [1.165, 1.54) is 26.4 Å². The Kier molecular flexibility index (Phi) is 4.81. The zero-order valence-electron chi connectivity index (χ0n) is 10.3. The lowest BCUT2D eigenvalue weighted by Gasteiger charge is -2.10. The molecule has 1 aromatic carbocycles. The molecule has 0 saturated heterocycles. The van der Waals surface area contributed by atoms with Crippen LogP contribution in [0, 0.1) is 10.1 Å². The summed E-state index contributed by atoms with van der Waals surface area (Å²) in [7, 11) is 2.77. The average molecular weight is 268 g/mol. The first kappa shape index (κ1) is 14.4. The lowest BCUT2D eigenvalue weighted by molar-refractivity contribution is -0.462. The summed E-state index contributed by atoms with van der Waals surface area (Å²) in [5, 5.41) is 19.2. The maximum absolute atomic E-state index is 11.1. The van der Waals surface area contributed by atoms with Crippen molar-refractivity contribution in [3.8, 4) is 11.5 Å². The Bertz CT molecular complexity index is 526. The van der Waals surface area contributed by atoms with Crippen molar-refractivity contribution in [2.45, 2.75) is 0 Å². The molecular formula is C11H12N2O6. The SMILES string of the molecule is COc1cc(N=CC[N+](=O)[O-])c(C(=O)O)cc1OC. The maximum atomic E-state index is 11.1. The Balaban J connectivity index is 3.23. The molecule has 0 aliphatic carbocycles. The van der Waals surface area contributed by atoms with Gasteiger partial charge in [0.15, 0.2) is 11.5 Å². The zero-order valence-corrected chi connectivity index (χ0v) is 10.3. The number of methoxy groups -OCH3 is 2. The lowest BCUT2D eigenvalue weighted by Crippen LogP contribution is -2.02. The smallest absolute Gasteiger partial charge is 0.338 e. The number of hydrogen-bond acceptors (Lipinski definition) is 6. The molecule has 0 aliphatic heterocycles. The van der Waals surface area contributed by atoms with Crippen LogP contribution < -0.4 is 9.47 Å². The Morgan fingerprint density at radius 1 is 1.42 bits per heavy atom. The molecule has 0 bridgehead atoms. The average Bonchev–Trinajstić information content (AvgIpc) is 2.37. The third-order valence-corrected chi connectivity index (χ3v) is 2.19. The molecule has 8 nitrogen and oxygen atoms in total. The molecule has 8 heteroatoms. The number of aliphatic imine (C=N–C) groups is 1. The van der Waals surface area contributed by atoms with Gasteiger partial charge >= 0.3 is 5.97 Å². The van der Waals surface area contributed by atoms with Gasteiger partial charge in [-0.05, 0) is 0 Å². The van der Waals surface area contributed by atoms with Crippen molar-refractivity contribution in [2.24, 2.45) is 4.99 Å². The molecule has 19 heavy (non-hydrogen) atoms. The summed E-state index contributed by atoms with van der Waals surface area (Å²) in [5.74, 6) is -0.678. The zero-order chi connectivity index (χ0) is 14.4. The minimum Gasteiger partial charge on any atom is -0.493 e. The highest BCUT2D eigenvalue weighted by molar-refractivity contribution is 5.95. The summed E-state index contributed by atoms with van der Waals surface area (Å²) in [5.41, 5.74) is -0.0655. The molecule has 0 radical (unpaired) electrons. The van der Waals surface area contributed by atoms with Crippen LogP contribution in [-0.4, -0.2) is 43.0 Å². The van der Waals surface area contributed by atoms with Crippen LogP contribution in [0.25, 0.3) is 0 Å². The fourth-order valence-corrected chi connectivity index (χ4v) is 1.35. The van der Waals surface area contributed by atoms with E-state index in [2.05, 4.69) is 4.99 Å². The van der Waals surface area contributed by atoms with Crippen LogP contribution in [0.5, 0.6) is 11.5 Å². The van der Waals surface area contributed by atoms with E-state index in [0.717, 1.165) is 6.21 Å². The maximum Gasteiger partial charge on any atom is 0.338 e. The molecule has 1 rings (SSSR count). The normalized spacial score (nSPS) is 10.4. The first-order chi connectivity index (χ1) is 8.99. The Morgan fingerprint density at radius 2 is 2.00 bits per heavy atom. The van der Waals surface area contributed by atoms with Gasteiger partial charge in [0.25, 0.3) is 0 Å². The second-order valence-electron chi connectivity index (χ2n) is 3.36. The van der Waals surface area contributed by atoms with Gasteiger partial charge in [0.05, 0.1) is 31.7 Å². The van der Waals surface area contributed by atoms with Crippen LogP contribution in [0.1, 0.15) is 10.4 Å². The summed E-state index contributed by atoms with van der Waals surface area (Å²) in [6, 6.07) is 2.60. The predicted octanol–water partition coefficient (Wildman–Crippen LogP) is 1.38. The number of nitro groups is 1. The fourth-order valence-electron chi connectivity index (χ4n) is 1.35. The number of carbonyl (C=O) groups is 1. The predicted molar refractivity (Wildman–Crippen MR) is 66.5 cm³/mol. The summed E-state index contributed by atoms with van der Waals surface area (Å²) >= 11 is 0. The number of benzene rings is 1. The van der Waals surface area contributed by atoms with E-state index >= 15 is 0 Å². The van der Waals surface area contributed by atoms with E-state index in [1.807, 2.05) is 0 Å². The van der Waals surface area contributed by atoms with Gasteiger partial charge in [-0.25, -0.2) is 4.79 Å². The number of aromatic carboxylic acids is 1.